The fourth-order valence-electron chi connectivity index (χ4n) is 3.13. The predicted molar refractivity (Wildman–Crippen MR) is 139 cm³/mol. The van der Waals surface area contributed by atoms with E-state index in [0.29, 0.717) is 18.8 Å². The molecular weight excluding hydrogens is 498 g/mol. The molecule has 0 aliphatic heterocycles. The molecule has 6 heteroatoms. The highest BCUT2D eigenvalue weighted by Crippen LogP contribution is 2.28. The monoisotopic (exact) mass is 527 g/mol. The third-order valence-corrected chi connectivity index (χ3v) is 6.84. The minimum absolute atomic E-state index is 0.0898. The molecular formula is C27H30BrNO3S. The number of thioether (sulfide) groups is 1. The Balaban J connectivity index is 1.62. The number of ether oxygens (including phenoxy) is 2. The van der Waals surface area contributed by atoms with Crippen LogP contribution in [0.1, 0.15) is 31.9 Å². The van der Waals surface area contributed by atoms with E-state index in [4.69, 9.17) is 9.47 Å². The van der Waals surface area contributed by atoms with E-state index < -0.39 is 11.7 Å². The molecule has 0 unspecified atom stereocenters. The highest BCUT2D eigenvalue weighted by molar-refractivity contribution is 9.10. The second-order valence-corrected chi connectivity index (χ2v) is 10.6. The maximum Gasteiger partial charge on any atom is 0.407 e. The SMILES string of the molecule is CC(C)(C)OC(=O)N[C@H](CSc1ccccc1Br)Cc1ccc(OCc2ccccc2)cc1. The summed E-state index contributed by atoms with van der Waals surface area (Å²) in [6, 6.07) is 26.1. The number of halogens is 1. The number of carbonyl (C=O) groups excluding carboxylic acids is 1. The number of carbonyl (C=O) groups is 1. The molecule has 0 fully saturated rings. The van der Waals surface area contributed by atoms with Crippen molar-refractivity contribution >= 4 is 33.8 Å². The van der Waals surface area contributed by atoms with Crippen molar-refractivity contribution in [3.63, 3.8) is 0 Å². The quantitative estimate of drug-likeness (QED) is 0.297. The number of nitrogens with one attached hydrogen (secondary N) is 1. The van der Waals surface area contributed by atoms with Crippen LogP contribution >= 0.6 is 27.7 Å². The largest absolute Gasteiger partial charge is 0.489 e. The number of amides is 1. The summed E-state index contributed by atoms with van der Waals surface area (Å²) >= 11 is 5.30. The Kier molecular flexibility index (Phi) is 9.27. The van der Waals surface area contributed by atoms with Crippen molar-refractivity contribution in [3.8, 4) is 5.75 Å². The van der Waals surface area contributed by atoms with Gasteiger partial charge in [-0.1, -0.05) is 54.6 Å². The average molecular weight is 529 g/mol. The lowest BCUT2D eigenvalue weighted by Crippen LogP contribution is -2.41. The Hall–Kier alpha value is -2.44. The number of rotatable bonds is 9. The Labute approximate surface area is 209 Å². The van der Waals surface area contributed by atoms with Gasteiger partial charge < -0.3 is 14.8 Å². The third-order valence-electron chi connectivity index (χ3n) is 4.65. The van der Waals surface area contributed by atoms with Crippen LogP contribution in [0.4, 0.5) is 4.79 Å². The molecule has 0 saturated carbocycles. The van der Waals surface area contributed by atoms with Crippen LogP contribution in [0.15, 0.2) is 88.2 Å². The molecule has 4 nitrogen and oxygen atoms in total. The van der Waals surface area contributed by atoms with Gasteiger partial charge in [-0.2, -0.15) is 0 Å². The van der Waals surface area contributed by atoms with Crippen molar-refractivity contribution < 1.29 is 14.3 Å². The maximum absolute atomic E-state index is 12.4. The smallest absolute Gasteiger partial charge is 0.407 e. The Morgan fingerprint density at radius 3 is 2.27 bits per heavy atom. The fraction of sp³-hybridized carbons (Fsp3) is 0.296. The summed E-state index contributed by atoms with van der Waals surface area (Å²) in [5.41, 5.74) is 1.71. The van der Waals surface area contributed by atoms with Crippen LogP contribution in [0.25, 0.3) is 0 Å². The lowest BCUT2D eigenvalue weighted by molar-refractivity contribution is 0.0509. The standard InChI is InChI=1S/C27H30BrNO3S/c1-27(2,3)32-26(30)29-22(19-33-25-12-8-7-11-24(25)28)17-20-13-15-23(16-14-20)31-18-21-9-5-4-6-10-21/h4-16,22H,17-19H2,1-3H3,(H,29,30)/t22-/m0/s1. The summed E-state index contributed by atoms with van der Waals surface area (Å²) in [6.07, 6.45) is 0.290. The number of hydrogen-bond acceptors (Lipinski definition) is 4. The lowest BCUT2D eigenvalue weighted by Gasteiger charge is -2.24. The van der Waals surface area contributed by atoms with E-state index in [1.165, 1.54) is 0 Å². The van der Waals surface area contributed by atoms with Gasteiger partial charge in [-0.25, -0.2) is 4.79 Å². The van der Waals surface area contributed by atoms with Crippen molar-refractivity contribution in [1.82, 2.24) is 5.32 Å². The molecule has 0 radical (unpaired) electrons. The normalized spacial score (nSPS) is 12.1. The molecule has 0 aliphatic rings. The van der Waals surface area contributed by atoms with Gasteiger partial charge in [0.05, 0.1) is 0 Å². The van der Waals surface area contributed by atoms with Gasteiger partial charge in [0.15, 0.2) is 0 Å². The molecule has 0 aromatic heterocycles. The van der Waals surface area contributed by atoms with E-state index in [1.807, 2.05) is 93.6 Å². The van der Waals surface area contributed by atoms with Gasteiger partial charge in [0.2, 0.25) is 0 Å². The van der Waals surface area contributed by atoms with Crippen LogP contribution in [0.2, 0.25) is 0 Å². The molecule has 33 heavy (non-hydrogen) atoms. The maximum atomic E-state index is 12.4. The predicted octanol–water partition coefficient (Wildman–Crippen LogP) is 7.26. The summed E-state index contributed by atoms with van der Waals surface area (Å²) in [7, 11) is 0. The van der Waals surface area contributed by atoms with E-state index in [0.717, 1.165) is 26.2 Å². The summed E-state index contributed by atoms with van der Waals surface area (Å²) in [5, 5.41) is 3.04. The van der Waals surface area contributed by atoms with Crippen LogP contribution in [-0.4, -0.2) is 23.5 Å². The van der Waals surface area contributed by atoms with E-state index in [-0.39, 0.29) is 6.04 Å². The Morgan fingerprint density at radius 2 is 1.61 bits per heavy atom. The third kappa shape index (κ3) is 9.14. The molecule has 174 valence electrons. The van der Waals surface area contributed by atoms with Gasteiger partial charge in [-0.05, 0) is 78.5 Å². The first-order chi connectivity index (χ1) is 15.8. The van der Waals surface area contributed by atoms with Crippen molar-refractivity contribution in [1.29, 1.82) is 0 Å². The molecule has 3 rings (SSSR count). The number of alkyl carbamates (subject to hydrolysis) is 1. The van der Waals surface area contributed by atoms with Gasteiger partial charge >= 0.3 is 6.09 Å². The van der Waals surface area contributed by atoms with Crippen LogP contribution in [0, 0.1) is 0 Å². The van der Waals surface area contributed by atoms with Crippen molar-refractivity contribution in [3.05, 3.63) is 94.5 Å². The van der Waals surface area contributed by atoms with E-state index in [2.05, 4.69) is 27.3 Å². The molecule has 0 bridgehead atoms. The summed E-state index contributed by atoms with van der Waals surface area (Å²) in [5.74, 6) is 1.54. The molecule has 3 aromatic carbocycles. The first-order valence-corrected chi connectivity index (χ1v) is 12.7. The van der Waals surface area contributed by atoms with E-state index in [1.54, 1.807) is 11.8 Å². The van der Waals surface area contributed by atoms with E-state index in [9.17, 15) is 4.79 Å². The van der Waals surface area contributed by atoms with Gasteiger partial charge in [0.1, 0.15) is 18.0 Å². The zero-order valence-electron chi connectivity index (χ0n) is 19.2. The first-order valence-electron chi connectivity index (χ1n) is 10.9. The molecule has 1 atom stereocenters. The van der Waals surface area contributed by atoms with Crippen LogP contribution < -0.4 is 10.1 Å². The lowest BCUT2D eigenvalue weighted by atomic mass is 10.1. The fourth-order valence-corrected chi connectivity index (χ4v) is 4.72. The molecule has 1 amide bonds. The van der Waals surface area contributed by atoms with Gasteiger partial charge in [-0.15, -0.1) is 11.8 Å². The average Bonchev–Trinajstić information content (AvgIpc) is 2.77. The highest BCUT2D eigenvalue weighted by atomic mass is 79.9. The van der Waals surface area contributed by atoms with Crippen molar-refractivity contribution in [2.24, 2.45) is 0 Å². The molecule has 0 aliphatic carbocycles. The van der Waals surface area contributed by atoms with Crippen molar-refractivity contribution in [2.45, 2.75) is 50.3 Å². The summed E-state index contributed by atoms with van der Waals surface area (Å²) in [4.78, 5) is 13.6. The zero-order chi connectivity index (χ0) is 23.7. The van der Waals surface area contributed by atoms with Crippen LogP contribution in [0.5, 0.6) is 5.75 Å². The van der Waals surface area contributed by atoms with Crippen LogP contribution in [-0.2, 0) is 17.8 Å². The van der Waals surface area contributed by atoms with E-state index >= 15 is 0 Å². The second kappa shape index (κ2) is 12.1. The zero-order valence-corrected chi connectivity index (χ0v) is 21.6. The minimum Gasteiger partial charge on any atom is -0.489 e. The molecule has 1 N–H and O–H groups in total. The molecule has 3 aromatic rings. The summed E-state index contributed by atoms with van der Waals surface area (Å²) in [6.45, 7) is 6.13. The minimum atomic E-state index is -0.540. The summed E-state index contributed by atoms with van der Waals surface area (Å²) < 4.78 is 12.4. The highest BCUT2D eigenvalue weighted by Gasteiger charge is 2.20. The van der Waals surface area contributed by atoms with Gasteiger partial charge in [0, 0.05) is 21.2 Å². The van der Waals surface area contributed by atoms with Gasteiger partial charge in [-0.3, -0.25) is 0 Å². The molecule has 0 heterocycles. The number of hydrogen-bond donors (Lipinski definition) is 1. The first kappa shape index (κ1) is 25.2. The number of benzene rings is 3. The van der Waals surface area contributed by atoms with Gasteiger partial charge in [0.25, 0.3) is 0 Å². The van der Waals surface area contributed by atoms with Crippen LogP contribution in [0.3, 0.4) is 0 Å². The Morgan fingerprint density at radius 1 is 0.939 bits per heavy atom. The molecule has 0 spiro atoms. The topological polar surface area (TPSA) is 47.6 Å². The second-order valence-electron chi connectivity index (χ2n) is 8.71. The van der Waals surface area contributed by atoms with Crippen molar-refractivity contribution in [2.75, 3.05) is 5.75 Å². The molecule has 0 saturated heterocycles. The Bertz CT molecular complexity index is 1020.